The van der Waals surface area contributed by atoms with Crippen molar-refractivity contribution in [1.82, 2.24) is 41.2 Å². The highest BCUT2D eigenvalue weighted by molar-refractivity contribution is 5.97. The van der Waals surface area contributed by atoms with E-state index in [4.69, 9.17) is 22.3 Å². The number of nitrogens with zero attached hydrogens (tertiary/aromatic N) is 4. The van der Waals surface area contributed by atoms with Gasteiger partial charge in [0.15, 0.2) is 17.1 Å². The first-order chi connectivity index (χ1) is 26.9. The second kappa shape index (κ2) is 20.9. The van der Waals surface area contributed by atoms with E-state index >= 15 is 0 Å². The number of hydrogen-bond donors (Lipinski definition) is 12. The lowest BCUT2D eigenvalue weighted by Gasteiger charge is -2.24. The van der Waals surface area contributed by atoms with Crippen LogP contribution in [0.5, 0.6) is 0 Å². The molecule has 0 aliphatic rings. The fourth-order valence-corrected chi connectivity index (χ4v) is 5.11. The van der Waals surface area contributed by atoms with Gasteiger partial charge in [-0.05, 0) is 50.5 Å². The summed E-state index contributed by atoms with van der Waals surface area (Å²) in [6.45, 7) is 1.63. The number of carbonyl (C=O) groups is 7. The van der Waals surface area contributed by atoms with Crippen molar-refractivity contribution in [2.24, 2.45) is 16.5 Å². The van der Waals surface area contributed by atoms with Crippen molar-refractivity contribution in [2.75, 3.05) is 17.6 Å². The molecule has 0 radical (unpaired) electrons. The summed E-state index contributed by atoms with van der Waals surface area (Å²) in [5, 5.41) is 40.6. The van der Waals surface area contributed by atoms with Gasteiger partial charge in [-0.1, -0.05) is 0 Å². The standard InChI is InChI=1S/C33H43N13O11/c1-15(11-23(48)49)40-28(53)19(3-2-10-37-32(34)35)43-29(54)21(12-24(50)51)42-22(47)9-8-20(31(56)57)44-27(52)16-4-6-17(7-5-16)38-13-18-14-39-26-25(41-18)30(55)46-33(36)45-26/h4-7,14-15,19-21,38H,2-3,8-13H2,1H3,(H,40,53)(H,42,47)(H,43,54)(H,44,52)(H,48,49)(H,50,51)(H,56,57)(H4,34,35,37)(H3,36,39,45,46,55)/t15-,19+,20+,21+/m1/s1. The summed E-state index contributed by atoms with van der Waals surface area (Å²) in [7, 11) is 0. The number of aromatic amines is 1. The molecule has 3 aromatic rings. The molecule has 4 amide bonds. The summed E-state index contributed by atoms with van der Waals surface area (Å²) in [4.78, 5) is 117. The lowest BCUT2D eigenvalue weighted by Crippen LogP contribution is -2.55. The van der Waals surface area contributed by atoms with Crippen LogP contribution < -0.4 is 49.3 Å². The third-order valence-electron chi connectivity index (χ3n) is 7.85. The van der Waals surface area contributed by atoms with Crippen LogP contribution in [-0.2, 0) is 35.3 Å². The first-order valence-electron chi connectivity index (χ1n) is 17.2. The molecule has 306 valence electrons. The number of aromatic nitrogens is 4. The molecule has 24 nitrogen and oxygen atoms in total. The average molecular weight is 798 g/mol. The SMILES string of the molecule is C[C@H](CC(=O)O)NC(=O)[C@H](CCCN=C(N)N)NC(=O)[C@H](CC(=O)O)NC(=O)CC[C@H](NC(=O)c1ccc(NCc2cnc3nc(N)[nH]c(=O)c3n2)cc1)C(=O)O. The largest absolute Gasteiger partial charge is 0.481 e. The van der Waals surface area contributed by atoms with E-state index in [-0.39, 0.29) is 54.6 Å². The van der Waals surface area contributed by atoms with Crippen LogP contribution in [0.1, 0.15) is 61.5 Å². The van der Waals surface area contributed by atoms with Crippen molar-refractivity contribution in [1.29, 1.82) is 0 Å². The third kappa shape index (κ3) is 14.7. The van der Waals surface area contributed by atoms with Crippen LogP contribution in [0, 0.1) is 0 Å². The van der Waals surface area contributed by atoms with Crippen LogP contribution in [0.25, 0.3) is 11.2 Å². The monoisotopic (exact) mass is 797 g/mol. The number of carbonyl (C=O) groups excluding carboxylic acids is 4. The Kier molecular flexibility index (Phi) is 16.1. The molecule has 0 aliphatic carbocycles. The number of hydrogen-bond acceptors (Lipinski definition) is 14. The number of rotatable bonds is 22. The minimum atomic E-state index is -1.71. The number of fused-ring (bicyclic) bond motifs is 1. The molecule has 2 aromatic heterocycles. The zero-order valence-corrected chi connectivity index (χ0v) is 30.5. The molecule has 0 aliphatic heterocycles. The van der Waals surface area contributed by atoms with E-state index in [0.29, 0.717) is 11.4 Å². The van der Waals surface area contributed by atoms with Crippen molar-refractivity contribution in [3.05, 3.63) is 52.1 Å². The maximum atomic E-state index is 13.2. The van der Waals surface area contributed by atoms with E-state index in [1.807, 2.05) is 0 Å². The van der Waals surface area contributed by atoms with Gasteiger partial charge in [0.05, 0.1) is 31.3 Å². The molecule has 15 N–H and O–H groups in total. The van der Waals surface area contributed by atoms with Gasteiger partial charge in [-0.25, -0.2) is 14.8 Å². The molecule has 3 rings (SSSR count). The number of nitrogens with two attached hydrogens (primary N) is 3. The summed E-state index contributed by atoms with van der Waals surface area (Å²) in [6.07, 6.45) is -0.841. The molecular formula is C33H43N13O11. The first kappa shape index (κ1) is 44.0. The van der Waals surface area contributed by atoms with Crippen LogP contribution in [-0.4, -0.2) is 113 Å². The molecule has 24 heteroatoms. The fourth-order valence-electron chi connectivity index (χ4n) is 5.11. The van der Waals surface area contributed by atoms with Crippen LogP contribution in [0.3, 0.4) is 0 Å². The second-order valence-corrected chi connectivity index (χ2v) is 12.6. The van der Waals surface area contributed by atoms with Crippen LogP contribution in [0.4, 0.5) is 11.6 Å². The Morgan fingerprint density at radius 1 is 0.842 bits per heavy atom. The number of carboxylic acids is 3. The van der Waals surface area contributed by atoms with Crippen molar-refractivity contribution < 1.29 is 48.9 Å². The van der Waals surface area contributed by atoms with Crippen molar-refractivity contribution in [2.45, 2.75) is 76.2 Å². The number of guanidine groups is 1. The number of benzene rings is 1. The van der Waals surface area contributed by atoms with Gasteiger partial charge in [-0.3, -0.25) is 43.5 Å². The van der Waals surface area contributed by atoms with Gasteiger partial charge in [-0.15, -0.1) is 0 Å². The van der Waals surface area contributed by atoms with E-state index in [9.17, 15) is 48.6 Å². The van der Waals surface area contributed by atoms with Crippen LogP contribution in [0.15, 0.2) is 40.2 Å². The van der Waals surface area contributed by atoms with E-state index in [0.717, 1.165) is 0 Å². The summed E-state index contributed by atoms with van der Waals surface area (Å²) in [5.41, 5.74) is 16.7. The number of carboxylic acid groups (broad SMARTS) is 3. The lowest BCUT2D eigenvalue weighted by atomic mass is 10.1. The Bertz CT molecular complexity index is 2050. The molecule has 0 unspecified atom stereocenters. The number of H-pyrrole nitrogens is 1. The Balaban J connectivity index is 1.59. The maximum absolute atomic E-state index is 13.2. The highest BCUT2D eigenvalue weighted by Crippen LogP contribution is 2.13. The van der Waals surface area contributed by atoms with Gasteiger partial charge in [0.1, 0.15) is 18.1 Å². The number of nitrogen functional groups attached to an aromatic ring is 1. The normalized spacial score (nSPS) is 12.9. The molecule has 1 aromatic carbocycles. The van der Waals surface area contributed by atoms with Crippen LogP contribution in [0.2, 0.25) is 0 Å². The van der Waals surface area contributed by atoms with Gasteiger partial charge < -0.3 is 59.1 Å². The van der Waals surface area contributed by atoms with E-state index < -0.39 is 96.9 Å². The molecule has 57 heavy (non-hydrogen) atoms. The van der Waals surface area contributed by atoms with Crippen molar-refractivity contribution in [3.8, 4) is 0 Å². The van der Waals surface area contributed by atoms with Gasteiger partial charge in [0.25, 0.3) is 11.5 Å². The van der Waals surface area contributed by atoms with Gasteiger partial charge in [-0.2, -0.15) is 4.98 Å². The highest BCUT2D eigenvalue weighted by Gasteiger charge is 2.30. The minimum absolute atomic E-state index is 0.00310. The quantitative estimate of drug-likeness (QED) is 0.0280. The van der Waals surface area contributed by atoms with Crippen molar-refractivity contribution >= 4 is 70.3 Å². The zero-order valence-electron chi connectivity index (χ0n) is 30.5. The Labute approximate surface area is 322 Å². The molecule has 0 fully saturated rings. The van der Waals surface area contributed by atoms with E-state index in [1.54, 1.807) is 0 Å². The van der Waals surface area contributed by atoms with E-state index in [2.05, 4.69) is 51.5 Å². The van der Waals surface area contributed by atoms with Gasteiger partial charge in [0.2, 0.25) is 23.7 Å². The topological polar surface area (TPSA) is 402 Å². The molecule has 4 atom stereocenters. The van der Waals surface area contributed by atoms with Gasteiger partial charge >= 0.3 is 17.9 Å². The Morgan fingerprint density at radius 3 is 2.14 bits per heavy atom. The summed E-state index contributed by atoms with van der Waals surface area (Å²) in [6, 6.07) is 0.450. The summed E-state index contributed by atoms with van der Waals surface area (Å²) in [5.74, 6) is -8.04. The number of amides is 4. The number of anilines is 2. The number of nitrogens with one attached hydrogen (secondary N) is 6. The predicted octanol–water partition coefficient (Wildman–Crippen LogP) is -2.65. The molecule has 0 saturated carbocycles. The first-order valence-corrected chi connectivity index (χ1v) is 17.2. The number of aliphatic imine (C=N–C) groups is 1. The Morgan fingerprint density at radius 2 is 1.51 bits per heavy atom. The zero-order chi connectivity index (χ0) is 42.2. The lowest BCUT2D eigenvalue weighted by molar-refractivity contribution is -0.141. The number of aliphatic carboxylic acids is 3. The predicted molar refractivity (Wildman–Crippen MR) is 200 cm³/mol. The fraction of sp³-hybridized carbons (Fsp3) is 0.394. The summed E-state index contributed by atoms with van der Waals surface area (Å²) < 4.78 is 0. The second-order valence-electron chi connectivity index (χ2n) is 12.6. The third-order valence-corrected chi connectivity index (χ3v) is 7.85. The molecule has 0 saturated heterocycles. The molecule has 0 bridgehead atoms. The van der Waals surface area contributed by atoms with E-state index in [1.165, 1.54) is 37.4 Å². The van der Waals surface area contributed by atoms with Crippen LogP contribution >= 0.6 is 0 Å². The van der Waals surface area contributed by atoms with Gasteiger partial charge in [0, 0.05) is 30.3 Å². The summed E-state index contributed by atoms with van der Waals surface area (Å²) >= 11 is 0. The highest BCUT2D eigenvalue weighted by atomic mass is 16.4. The Hall–Kier alpha value is -7.40. The average Bonchev–Trinajstić information content (AvgIpc) is 3.12. The smallest absolute Gasteiger partial charge is 0.326 e. The minimum Gasteiger partial charge on any atom is -0.481 e. The maximum Gasteiger partial charge on any atom is 0.326 e. The molecule has 0 spiro atoms. The molecular weight excluding hydrogens is 754 g/mol. The van der Waals surface area contributed by atoms with Crippen molar-refractivity contribution in [3.63, 3.8) is 0 Å². The molecule has 2 heterocycles.